The summed E-state index contributed by atoms with van der Waals surface area (Å²) in [5.74, 6) is 2.48. The van der Waals surface area contributed by atoms with E-state index in [-0.39, 0.29) is 0 Å². The summed E-state index contributed by atoms with van der Waals surface area (Å²) in [4.78, 5) is 26.8. The van der Waals surface area contributed by atoms with Crippen molar-refractivity contribution in [2.24, 2.45) is 0 Å². The largest absolute Gasteiger partial charge is 0.452 e. The normalized spacial score (nSPS) is 15.8. The molecule has 1 aliphatic rings. The van der Waals surface area contributed by atoms with Crippen molar-refractivity contribution >= 4 is 33.8 Å². The molecule has 1 N–H and O–H groups in total. The number of carbonyl (C=O) groups is 2. The highest BCUT2D eigenvalue weighted by Gasteiger charge is 2.34. The molecule has 1 heterocycles. The number of para-hydroxylation sites is 1. The van der Waals surface area contributed by atoms with Gasteiger partial charge in [0.25, 0.3) is 0 Å². The van der Waals surface area contributed by atoms with E-state index >= 15 is 0 Å². The molecule has 0 aromatic heterocycles. The molecule has 2 amide bonds. The van der Waals surface area contributed by atoms with Gasteiger partial charge in [-0.05, 0) is 46.5 Å². The number of amides is 2. The van der Waals surface area contributed by atoms with Gasteiger partial charge in [-0.2, -0.15) is 0 Å². The minimum atomic E-state index is -1.19. The molecule has 0 fully saturated rings. The van der Waals surface area contributed by atoms with Crippen molar-refractivity contribution in [2.75, 3.05) is 25.7 Å². The van der Waals surface area contributed by atoms with Gasteiger partial charge in [0.05, 0.1) is 19.9 Å². The zero-order valence-electron chi connectivity index (χ0n) is 15.1. The standard InChI is InChI=1S/C19H21BrN2O5/c1-4-15(17(23)13-8-7-11-21(12-13)18(24)26-2)22(19(25)27-3)16-10-6-5-9-14(16)20/h1,5-6,9-10,12,15,17,23H,7-8,11H2,2-3H3/t15-,17+/m0/s1. The lowest BCUT2D eigenvalue weighted by Gasteiger charge is -2.34. The van der Waals surface area contributed by atoms with E-state index in [0.29, 0.717) is 35.1 Å². The zero-order valence-corrected chi connectivity index (χ0v) is 16.7. The second-order valence-corrected chi connectivity index (χ2v) is 6.67. The third-order valence-electron chi connectivity index (χ3n) is 4.21. The summed E-state index contributed by atoms with van der Waals surface area (Å²) < 4.78 is 10.2. The fourth-order valence-corrected chi connectivity index (χ4v) is 3.36. The van der Waals surface area contributed by atoms with Gasteiger partial charge in [0, 0.05) is 17.2 Å². The van der Waals surface area contributed by atoms with Crippen LogP contribution in [0.5, 0.6) is 0 Å². The summed E-state index contributed by atoms with van der Waals surface area (Å²) in [6.07, 6.45) is 5.97. The molecule has 7 nitrogen and oxygen atoms in total. The molecule has 0 aliphatic carbocycles. The molecular weight excluding hydrogens is 416 g/mol. The molecule has 2 atom stereocenters. The van der Waals surface area contributed by atoms with Gasteiger partial charge in [0.15, 0.2) is 0 Å². The average Bonchev–Trinajstić information content (AvgIpc) is 2.71. The van der Waals surface area contributed by atoms with Crippen LogP contribution in [0.3, 0.4) is 0 Å². The molecule has 0 saturated carbocycles. The van der Waals surface area contributed by atoms with Crippen molar-refractivity contribution in [3.63, 3.8) is 0 Å². The number of benzene rings is 1. The van der Waals surface area contributed by atoms with E-state index in [2.05, 4.69) is 21.9 Å². The molecule has 0 spiro atoms. The van der Waals surface area contributed by atoms with Crippen LogP contribution in [-0.2, 0) is 9.47 Å². The fourth-order valence-electron chi connectivity index (χ4n) is 2.89. The molecule has 8 heteroatoms. The van der Waals surface area contributed by atoms with Gasteiger partial charge in [0.2, 0.25) is 0 Å². The van der Waals surface area contributed by atoms with Gasteiger partial charge in [-0.15, -0.1) is 6.42 Å². The summed E-state index contributed by atoms with van der Waals surface area (Å²) in [6, 6.07) is 5.95. The lowest BCUT2D eigenvalue weighted by molar-refractivity contribution is 0.131. The van der Waals surface area contributed by atoms with Crippen molar-refractivity contribution in [3.05, 3.63) is 40.5 Å². The third-order valence-corrected chi connectivity index (χ3v) is 4.88. The minimum absolute atomic E-state index is 0.465. The Kier molecular flexibility index (Phi) is 7.28. The minimum Gasteiger partial charge on any atom is -0.452 e. The molecule has 144 valence electrons. The van der Waals surface area contributed by atoms with Crippen molar-refractivity contribution in [3.8, 4) is 12.3 Å². The molecule has 0 radical (unpaired) electrons. The molecule has 0 unspecified atom stereocenters. The highest BCUT2D eigenvalue weighted by molar-refractivity contribution is 9.10. The van der Waals surface area contributed by atoms with Crippen LogP contribution in [0, 0.1) is 12.3 Å². The van der Waals surface area contributed by atoms with Gasteiger partial charge in [0.1, 0.15) is 12.1 Å². The third kappa shape index (κ3) is 4.62. The number of aliphatic hydroxyl groups is 1. The number of hydrogen-bond acceptors (Lipinski definition) is 5. The van der Waals surface area contributed by atoms with Gasteiger partial charge in [-0.3, -0.25) is 9.80 Å². The van der Waals surface area contributed by atoms with E-state index in [9.17, 15) is 14.7 Å². The summed E-state index contributed by atoms with van der Waals surface area (Å²) in [5, 5.41) is 10.9. The quantitative estimate of drug-likeness (QED) is 0.733. The average molecular weight is 437 g/mol. The Bertz CT molecular complexity index is 774. The number of nitrogens with zero attached hydrogens (tertiary/aromatic N) is 2. The van der Waals surface area contributed by atoms with Crippen molar-refractivity contribution < 1.29 is 24.2 Å². The Balaban J connectivity index is 2.40. The van der Waals surface area contributed by atoms with Crippen LogP contribution in [-0.4, -0.2) is 55.1 Å². The topological polar surface area (TPSA) is 79.3 Å². The Hall–Kier alpha value is -2.50. The summed E-state index contributed by atoms with van der Waals surface area (Å²) in [5.41, 5.74) is 1.00. The molecule has 1 aromatic rings. The van der Waals surface area contributed by atoms with Crippen molar-refractivity contribution in [1.82, 2.24) is 4.90 Å². The first kappa shape index (κ1) is 20.8. The van der Waals surface area contributed by atoms with Crippen LogP contribution in [0.25, 0.3) is 0 Å². The molecule has 1 aliphatic heterocycles. The predicted octanol–water partition coefficient (Wildman–Crippen LogP) is 3.13. The monoisotopic (exact) mass is 436 g/mol. The Labute approximate surface area is 166 Å². The first-order valence-electron chi connectivity index (χ1n) is 8.25. The van der Waals surface area contributed by atoms with Crippen LogP contribution in [0.1, 0.15) is 12.8 Å². The van der Waals surface area contributed by atoms with Crippen LogP contribution >= 0.6 is 15.9 Å². The fraction of sp³-hybridized carbons (Fsp3) is 0.368. The number of ether oxygens (including phenoxy) is 2. The van der Waals surface area contributed by atoms with E-state index in [1.807, 2.05) is 0 Å². The number of rotatable bonds is 4. The van der Waals surface area contributed by atoms with E-state index in [4.69, 9.17) is 15.9 Å². The molecule has 2 rings (SSSR count). The van der Waals surface area contributed by atoms with E-state index < -0.39 is 24.3 Å². The lowest BCUT2D eigenvalue weighted by Crippen LogP contribution is -2.48. The van der Waals surface area contributed by atoms with Crippen LogP contribution in [0.4, 0.5) is 15.3 Å². The van der Waals surface area contributed by atoms with Gasteiger partial charge >= 0.3 is 12.2 Å². The Morgan fingerprint density at radius 2 is 2.04 bits per heavy atom. The second kappa shape index (κ2) is 9.44. The maximum absolute atomic E-state index is 12.4. The lowest BCUT2D eigenvalue weighted by atomic mass is 9.95. The second-order valence-electron chi connectivity index (χ2n) is 5.82. The summed E-state index contributed by atoms with van der Waals surface area (Å²) in [7, 11) is 2.53. The van der Waals surface area contributed by atoms with Gasteiger partial charge in [-0.1, -0.05) is 18.1 Å². The number of halogens is 1. The number of carbonyl (C=O) groups excluding carboxylic acids is 2. The number of terminal acetylenes is 1. The molecule has 1 aromatic carbocycles. The molecule has 0 saturated heterocycles. The highest BCUT2D eigenvalue weighted by Crippen LogP contribution is 2.31. The predicted molar refractivity (Wildman–Crippen MR) is 104 cm³/mol. The first-order valence-corrected chi connectivity index (χ1v) is 9.05. The Morgan fingerprint density at radius 1 is 1.33 bits per heavy atom. The number of anilines is 1. The van der Waals surface area contributed by atoms with Crippen LogP contribution in [0.15, 0.2) is 40.5 Å². The number of hydrogen-bond donors (Lipinski definition) is 1. The molecular formula is C19H21BrN2O5. The maximum Gasteiger partial charge on any atom is 0.415 e. The highest BCUT2D eigenvalue weighted by atomic mass is 79.9. The first-order chi connectivity index (χ1) is 12.9. The zero-order chi connectivity index (χ0) is 20.0. The maximum atomic E-state index is 12.4. The van der Waals surface area contributed by atoms with E-state index in [1.54, 1.807) is 24.3 Å². The number of aliphatic hydroxyl groups excluding tert-OH is 1. The van der Waals surface area contributed by atoms with Crippen molar-refractivity contribution in [2.45, 2.75) is 25.0 Å². The van der Waals surface area contributed by atoms with E-state index in [0.717, 1.165) is 0 Å². The van der Waals surface area contributed by atoms with Crippen LogP contribution < -0.4 is 4.90 Å². The SMILES string of the molecule is C#C[C@@H]([C@H](O)C1=CN(C(=O)OC)CCC1)N(C(=O)OC)c1ccccc1Br. The molecule has 27 heavy (non-hydrogen) atoms. The van der Waals surface area contributed by atoms with Crippen molar-refractivity contribution in [1.29, 1.82) is 0 Å². The van der Waals surface area contributed by atoms with Crippen LogP contribution in [0.2, 0.25) is 0 Å². The summed E-state index contributed by atoms with van der Waals surface area (Å²) in [6.45, 7) is 0.481. The smallest absolute Gasteiger partial charge is 0.415 e. The number of methoxy groups -OCH3 is 2. The van der Waals surface area contributed by atoms with E-state index in [1.165, 1.54) is 30.2 Å². The van der Waals surface area contributed by atoms with Gasteiger partial charge < -0.3 is 14.6 Å². The Morgan fingerprint density at radius 3 is 2.63 bits per heavy atom. The molecule has 0 bridgehead atoms. The van der Waals surface area contributed by atoms with Gasteiger partial charge in [-0.25, -0.2) is 9.59 Å². The summed E-state index contributed by atoms with van der Waals surface area (Å²) >= 11 is 3.39.